The first-order valence-corrected chi connectivity index (χ1v) is 7.66. The lowest BCUT2D eigenvalue weighted by atomic mass is 10.1. The number of halogens is 2. The molecule has 1 fully saturated rings. The Morgan fingerprint density at radius 1 is 1.29 bits per heavy atom. The normalized spacial score (nSPS) is 17.8. The van der Waals surface area contributed by atoms with Gasteiger partial charge in [-0.3, -0.25) is 4.90 Å². The van der Waals surface area contributed by atoms with E-state index >= 15 is 0 Å². The van der Waals surface area contributed by atoms with Crippen molar-refractivity contribution in [3.05, 3.63) is 41.5 Å². The molecule has 0 aliphatic carbocycles. The zero-order valence-electron chi connectivity index (χ0n) is 14.0. The van der Waals surface area contributed by atoms with Crippen molar-refractivity contribution in [2.24, 2.45) is 0 Å². The molecular formula is C16H25Cl2N5O. The molecule has 1 aromatic carbocycles. The van der Waals surface area contributed by atoms with E-state index in [9.17, 15) is 0 Å². The highest BCUT2D eigenvalue weighted by Crippen LogP contribution is 2.14. The van der Waals surface area contributed by atoms with Gasteiger partial charge in [0.1, 0.15) is 11.6 Å². The average molecular weight is 374 g/mol. The first-order valence-electron chi connectivity index (χ1n) is 7.66. The number of ether oxygens (including phenoxy) is 1. The Morgan fingerprint density at radius 3 is 2.75 bits per heavy atom. The van der Waals surface area contributed by atoms with Crippen molar-refractivity contribution in [3.63, 3.8) is 0 Å². The maximum Gasteiger partial charge on any atom is 0.147 e. The average Bonchev–Trinajstić information content (AvgIpc) is 2.77. The molecule has 0 amide bonds. The Bertz CT molecular complexity index is 649. The van der Waals surface area contributed by atoms with Gasteiger partial charge in [0, 0.05) is 25.3 Å². The monoisotopic (exact) mass is 373 g/mol. The Hall–Kier alpha value is -1.34. The number of nitrogens with zero attached hydrogens (tertiary/aromatic N) is 4. The van der Waals surface area contributed by atoms with Crippen LogP contribution in [0.25, 0.3) is 0 Å². The Labute approximate surface area is 155 Å². The van der Waals surface area contributed by atoms with E-state index in [2.05, 4.69) is 21.0 Å². The van der Waals surface area contributed by atoms with Crippen LogP contribution in [-0.2, 0) is 17.8 Å². The molecule has 1 aliphatic heterocycles. The maximum atomic E-state index is 5.88. The number of nitrogen functional groups attached to an aromatic ring is 1. The van der Waals surface area contributed by atoms with E-state index in [1.807, 2.05) is 36.7 Å². The van der Waals surface area contributed by atoms with Crippen molar-refractivity contribution in [1.29, 1.82) is 0 Å². The van der Waals surface area contributed by atoms with Gasteiger partial charge < -0.3 is 10.5 Å². The van der Waals surface area contributed by atoms with Gasteiger partial charge in [0.15, 0.2) is 0 Å². The fraction of sp³-hybridized carbons (Fsp3) is 0.500. The van der Waals surface area contributed by atoms with Crippen LogP contribution in [0.2, 0.25) is 0 Å². The molecule has 0 radical (unpaired) electrons. The van der Waals surface area contributed by atoms with Crippen molar-refractivity contribution in [2.75, 3.05) is 25.4 Å². The molecule has 1 aromatic heterocycles. The van der Waals surface area contributed by atoms with Gasteiger partial charge in [0.25, 0.3) is 0 Å². The van der Waals surface area contributed by atoms with Gasteiger partial charge in [-0.2, -0.15) is 5.10 Å². The molecule has 2 aromatic rings. The number of aryl methyl sites for hydroxylation is 2. The summed E-state index contributed by atoms with van der Waals surface area (Å²) in [7, 11) is 0. The second kappa shape index (κ2) is 9.22. The van der Waals surface area contributed by atoms with Crippen molar-refractivity contribution in [2.45, 2.75) is 33.0 Å². The van der Waals surface area contributed by atoms with Crippen molar-refractivity contribution < 1.29 is 4.74 Å². The third-order valence-electron chi connectivity index (χ3n) is 3.92. The van der Waals surface area contributed by atoms with Crippen LogP contribution in [0, 0.1) is 13.8 Å². The number of hydrogen-bond acceptors (Lipinski definition) is 5. The molecule has 8 heteroatoms. The highest BCUT2D eigenvalue weighted by atomic mass is 35.5. The highest BCUT2D eigenvalue weighted by molar-refractivity contribution is 5.85. The fourth-order valence-corrected chi connectivity index (χ4v) is 2.91. The van der Waals surface area contributed by atoms with Crippen LogP contribution in [0.1, 0.15) is 17.2 Å². The van der Waals surface area contributed by atoms with Crippen molar-refractivity contribution in [3.8, 4) is 0 Å². The summed E-state index contributed by atoms with van der Waals surface area (Å²) in [6.07, 6.45) is 0.148. The SMILES string of the molecule is Cc1nc(C)n(CC2CN(Cc3cccc(N)c3)CCO2)n1.Cl.Cl. The van der Waals surface area contributed by atoms with Crippen LogP contribution in [0.15, 0.2) is 24.3 Å². The predicted octanol–water partition coefficient (Wildman–Crippen LogP) is 2.22. The Kier molecular flexibility index (Phi) is 7.96. The molecule has 6 nitrogen and oxygen atoms in total. The van der Waals surface area contributed by atoms with Crippen LogP contribution >= 0.6 is 24.8 Å². The Morgan fingerprint density at radius 2 is 2.08 bits per heavy atom. The van der Waals surface area contributed by atoms with E-state index in [1.165, 1.54) is 5.56 Å². The summed E-state index contributed by atoms with van der Waals surface area (Å²) in [4.78, 5) is 6.75. The first-order chi connectivity index (χ1) is 10.6. The molecule has 134 valence electrons. The van der Waals surface area contributed by atoms with Gasteiger partial charge in [-0.1, -0.05) is 12.1 Å². The van der Waals surface area contributed by atoms with Crippen LogP contribution in [0.5, 0.6) is 0 Å². The third-order valence-corrected chi connectivity index (χ3v) is 3.92. The number of hydrogen-bond donors (Lipinski definition) is 1. The van der Waals surface area contributed by atoms with Crippen molar-refractivity contribution in [1.82, 2.24) is 19.7 Å². The van der Waals surface area contributed by atoms with Gasteiger partial charge in [0.05, 0.1) is 19.3 Å². The van der Waals surface area contributed by atoms with Gasteiger partial charge in [-0.25, -0.2) is 9.67 Å². The minimum atomic E-state index is 0. The van der Waals surface area contributed by atoms with Crippen LogP contribution in [0.4, 0.5) is 5.69 Å². The molecule has 1 unspecified atom stereocenters. The van der Waals surface area contributed by atoms with E-state index in [0.717, 1.165) is 50.1 Å². The second-order valence-corrected chi connectivity index (χ2v) is 5.86. The van der Waals surface area contributed by atoms with Gasteiger partial charge >= 0.3 is 0 Å². The van der Waals surface area contributed by atoms with Gasteiger partial charge in [-0.15, -0.1) is 24.8 Å². The van der Waals surface area contributed by atoms with Crippen molar-refractivity contribution >= 4 is 30.5 Å². The number of nitrogens with two attached hydrogens (primary N) is 1. The number of benzene rings is 1. The summed E-state index contributed by atoms with van der Waals surface area (Å²) in [5.74, 6) is 1.75. The van der Waals surface area contributed by atoms with E-state index < -0.39 is 0 Å². The summed E-state index contributed by atoms with van der Waals surface area (Å²) in [5, 5.41) is 4.42. The summed E-state index contributed by atoms with van der Waals surface area (Å²) in [6, 6.07) is 8.08. The highest BCUT2D eigenvalue weighted by Gasteiger charge is 2.22. The predicted molar refractivity (Wildman–Crippen MR) is 99.9 cm³/mol. The minimum absolute atomic E-state index is 0. The van der Waals surface area contributed by atoms with E-state index in [0.29, 0.717) is 0 Å². The standard InChI is InChI=1S/C16H23N5O.2ClH/c1-12-18-13(2)21(19-12)11-16-10-20(6-7-22-16)9-14-4-3-5-15(17)8-14;;/h3-5,8,16H,6-7,9-11,17H2,1-2H3;2*1H. The smallest absolute Gasteiger partial charge is 0.147 e. The van der Waals surface area contributed by atoms with E-state index in [-0.39, 0.29) is 30.9 Å². The zero-order chi connectivity index (χ0) is 15.5. The van der Waals surface area contributed by atoms with Gasteiger partial charge in [-0.05, 0) is 31.5 Å². The maximum absolute atomic E-state index is 5.88. The molecule has 24 heavy (non-hydrogen) atoms. The Balaban J connectivity index is 0.00000144. The fourth-order valence-electron chi connectivity index (χ4n) is 2.91. The molecule has 2 N–H and O–H groups in total. The van der Waals surface area contributed by atoms with Crippen LogP contribution in [0.3, 0.4) is 0 Å². The molecule has 1 saturated heterocycles. The first kappa shape index (κ1) is 20.7. The quantitative estimate of drug-likeness (QED) is 0.832. The molecule has 2 heterocycles. The molecule has 1 atom stereocenters. The summed E-state index contributed by atoms with van der Waals surface area (Å²) < 4.78 is 7.82. The summed E-state index contributed by atoms with van der Waals surface area (Å²) in [5.41, 5.74) is 7.91. The van der Waals surface area contributed by atoms with E-state index in [4.69, 9.17) is 10.5 Å². The number of morpholine rings is 1. The second-order valence-electron chi connectivity index (χ2n) is 5.86. The van der Waals surface area contributed by atoms with Gasteiger partial charge in [0.2, 0.25) is 0 Å². The molecule has 3 rings (SSSR count). The summed E-state index contributed by atoms with van der Waals surface area (Å²) >= 11 is 0. The number of aromatic nitrogens is 3. The lowest BCUT2D eigenvalue weighted by Crippen LogP contribution is -2.43. The lowest BCUT2D eigenvalue weighted by molar-refractivity contribution is -0.0405. The topological polar surface area (TPSA) is 69.2 Å². The molecular weight excluding hydrogens is 349 g/mol. The molecule has 0 bridgehead atoms. The number of rotatable bonds is 4. The minimum Gasteiger partial charge on any atom is -0.399 e. The molecule has 0 saturated carbocycles. The summed E-state index contributed by atoms with van der Waals surface area (Å²) in [6.45, 7) is 8.14. The number of anilines is 1. The largest absolute Gasteiger partial charge is 0.399 e. The third kappa shape index (κ3) is 5.34. The van der Waals surface area contributed by atoms with Crippen LogP contribution < -0.4 is 5.73 Å². The molecule has 1 aliphatic rings. The zero-order valence-corrected chi connectivity index (χ0v) is 15.6. The molecule has 0 spiro atoms. The van der Waals surface area contributed by atoms with Crippen LogP contribution in [-0.4, -0.2) is 45.5 Å². The van der Waals surface area contributed by atoms with E-state index in [1.54, 1.807) is 0 Å². The lowest BCUT2D eigenvalue weighted by Gasteiger charge is -2.33.